The maximum Gasteiger partial charge on any atom is 0.341 e. The molecule has 3 rings (SSSR count). The second kappa shape index (κ2) is 9.55. The molecule has 31 heavy (non-hydrogen) atoms. The van der Waals surface area contributed by atoms with Crippen LogP contribution in [0.2, 0.25) is 0 Å². The van der Waals surface area contributed by atoms with Gasteiger partial charge in [0.05, 0.1) is 30.2 Å². The Labute approximate surface area is 181 Å². The fourth-order valence-electron chi connectivity index (χ4n) is 3.07. The molecule has 0 fully saturated rings. The molecule has 0 unspecified atom stereocenters. The molecule has 1 amide bonds. The van der Waals surface area contributed by atoms with Gasteiger partial charge >= 0.3 is 5.97 Å². The Balaban J connectivity index is 1.69. The summed E-state index contributed by atoms with van der Waals surface area (Å²) in [6, 6.07) is 6.69. The lowest BCUT2D eigenvalue weighted by Gasteiger charge is -2.12. The lowest BCUT2D eigenvalue weighted by Crippen LogP contribution is -2.27. The third kappa shape index (κ3) is 4.82. The van der Waals surface area contributed by atoms with Gasteiger partial charge in [0, 0.05) is 11.5 Å². The Bertz CT molecular complexity index is 1050. The highest BCUT2D eigenvalue weighted by Crippen LogP contribution is 2.18. The maximum atomic E-state index is 12.6. The predicted octanol–water partition coefficient (Wildman–Crippen LogP) is 3.48. The molecule has 9 nitrogen and oxygen atoms in total. The van der Waals surface area contributed by atoms with E-state index in [1.165, 1.54) is 6.20 Å². The van der Waals surface area contributed by atoms with Crippen LogP contribution >= 0.6 is 0 Å². The van der Waals surface area contributed by atoms with Crippen LogP contribution in [0, 0.1) is 6.92 Å². The van der Waals surface area contributed by atoms with Gasteiger partial charge in [-0.2, -0.15) is 10.2 Å². The van der Waals surface area contributed by atoms with Crippen molar-refractivity contribution in [3.05, 3.63) is 58.9 Å². The van der Waals surface area contributed by atoms with Crippen molar-refractivity contribution in [2.75, 3.05) is 6.61 Å². The second-order valence-corrected chi connectivity index (χ2v) is 7.41. The smallest absolute Gasteiger partial charge is 0.341 e. The molecule has 0 bridgehead atoms. The van der Waals surface area contributed by atoms with Gasteiger partial charge in [-0.25, -0.2) is 14.5 Å². The number of esters is 1. The van der Waals surface area contributed by atoms with E-state index in [9.17, 15) is 9.59 Å². The highest BCUT2D eigenvalue weighted by atomic mass is 16.5. The van der Waals surface area contributed by atoms with E-state index in [1.54, 1.807) is 42.8 Å². The summed E-state index contributed by atoms with van der Waals surface area (Å²) in [6.45, 7) is 9.87. The molecule has 2 atom stereocenters. The van der Waals surface area contributed by atoms with Crippen LogP contribution in [0.25, 0.3) is 5.69 Å². The average Bonchev–Trinajstić information content (AvgIpc) is 3.41. The van der Waals surface area contributed by atoms with Gasteiger partial charge in [0.1, 0.15) is 11.4 Å². The average molecular weight is 425 g/mol. The van der Waals surface area contributed by atoms with E-state index in [-0.39, 0.29) is 17.9 Å². The van der Waals surface area contributed by atoms with E-state index in [0.29, 0.717) is 29.3 Å². The van der Waals surface area contributed by atoms with Gasteiger partial charge in [0.25, 0.3) is 5.91 Å². The minimum absolute atomic E-state index is 0.218. The standard InChI is InChI=1S/C22H28N6O3/c1-6-13(3)19-25-20(27-26-19)14(4)24-21(29)16-8-10-17(11-9-16)28-15(5)18(12-23-28)22(30)31-7-2/h8-14H,6-7H2,1-5H3,(H,24,29)(H,25,26,27)/t13-,14-/m0/s1. The van der Waals surface area contributed by atoms with Gasteiger partial charge in [0.2, 0.25) is 0 Å². The Hall–Kier alpha value is -3.49. The highest BCUT2D eigenvalue weighted by Gasteiger charge is 2.18. The van der Waals surface area contributed by atoms with Crippen molar-refractivity contribution in [1.82, 2.24) is 30.3 Å². The molecule has 3 aromatic rings. The number of aromatic amines is 1. The molecule has 0 saturated carbocycles. The first-order valence-electron chi connectivity index (χ1n) is 10.4. The minimum Gasteiger partial charge on any atom is -0.462 e. The predicted molar refractivity (Wildman–Crippen MR) is 115 cm³/mol. The number of rotatable bonds is 8. The SMILES string of the molecule is CCOC(=O)c1cnn(-c2ccc(C(=O)N[C@@H](C)c3nc([C@@H](C)CC)n[nH]3)cc2)c1C. The van der Waals surface area contributed by atoms with E-state index in [4.69, 9.17) is 4.74 Å². The topological polar surface area (TPSA) is 115 Å². The highest BCUT2D eigenvalue weighted by molar-refractivity contribution is 5.94. The zero-order chi connectivity index (χ0) is 22.5. The van der Waals surface area contributed by atoms with Gasteiger partial charge < -0.3 is 10.1 Å². The number of H-pyrrole nitrogens is 1. The summed E-state index contributed by atoms with van der Waals surface area (Å²) in [7, 11) is 0. The molecule has 2 heterocycles. The third-order valence-electron chi connectivity index (χ3n) is 5.21. The maximum absolute atomic E-state index is 12.6. The molecule has 2 N–H and O–H groups in total. The summed E-state index contributed by atoms with van der Waals surface area (Å²) in [5.41, 5.74) is 2.34. The first-order chi connectivity index (χ1) is 14.8. The van der Waals surface area contributed by atoms with Crippen molar-refractivity contribution in [2.24, 2.45) is 0 Å². The van der Waals surface area contributed by atoms with Gasteiger partial charge in [0.15, 0.2) is 5.82 Å². The van der Waals surface area contributed by atoms with Crippen molar-refractivity contribution >= 4 is 11.9 Å². The molecule has 0 spiro atoms. The Morgan fingerprint density at radius 1 is 1.19 bits per heavy atom. The van der Waals surface area contributed by atoms with E-state index in [0.717, 1.165) is 17.9 Å². The largest absolute Gasteiger partial charge is 0.462 e. The van der Waals surface area contributed by atoms with Crippen LogP contribution in [0.3, 0.4) is 0 Å². The zero-order valence-corrected chi connectivity index (χ0v) is 18.5. The lowest BCUT2D eigenvalue weighted by molar-refractivity contribution is 0.0525. The summed E-state index contributed by atoms with van der Waals surface area (Å²) in [5.74, 6) is 1.01. The minimum atomic E-state index is -0.403. The second-order valence-electron chi connectivity index (χ2n) is 7.41. The van der Waals surface area contributed by atoms with Gasteiger partial charge in [-0.05, 0) is 51.5 Å². The molecule has 0 aliphatic rings. The molecule has 0 saturated heterocycles. The molecular formula is C22H28N6O3. The Morgan fingerprint density at radius 3 is 2.55 bits per heavy atom. The number of amides is 1. The van der Waals surface area contributed by atoms with Crippen molar-refractivity contribution in [3.63, 3.8) is 0 Å². The van der Waals surface area contributed by atoms with Gasteiger partial charge in [-0.3, -0.25) is 9.89 Å². The number of carbonyl (C=O) groups excluding carboxylic acids is 2. The van der Waals surface area contributed by atoms with Gasteiger partial charge in [-0.1, -0.05) is 13.8 Å². The van der Waals surface area contributed by atoms with Crippen LogP contribution in [0.4, 0.5) is 0 Å². The molecule has 0 radical (unpaired) electrons. The number of nitrogens with one attached hydrogen (secondary N) is 2. The van der Waals surface area contributed by atoms with Crippen LogP contribution in [-0.2, 0) is 4.74 Å². The van der Waals surface area contributed by atoms with Crippen molar-refractivity contribution in [3.8, 4) is 5.69 Å². The van der Waals surface area contributed by atoms with E-state index in [1.807, 2.05) is 6.92 Å². The molecule has 0 aliphatic carbocycles. The van der Waals surface area contributed by atoms with E-state index in [2.05, 4.69) is 39.4 Å². The number of aromatic nitrogens is 5. The number of hydrogen-bond donors (Lipinski definition) is 2. The first-order valence-corrected chi connectivity index (χ1v) is 10.4. The fourth-order valence-corrected chi connectivity index (χ4v) is 3.07. The zero-order valence-electron chi connectivity index (χ0n) is 18.5. The molecule has 2 aromatic heterocycles. The monoisotopic (exact) mass is 424 g/mol. The Kier molecular flexibility index (Phi) is 6.84. The van der Waals surface area contributed by atoms with Crippen molar-refractivity contribution < 1.29 is 14.3 Å². The van der Waals surface area contributed by atoms with Crippen molar-refractivity contribution in [1.29, 1.82) is 0 Å². The molecule has 0 aliphatic heterocycles. The number of ether oxygens (including phenoxy) is 1. The lowest BCUT2D eigenvalue weighted by atomic mass is 10.1. The molecule has 9 heteroatoms. The van der Waals surface area contributed by atoms with Crippen LogP contribution < -0.4 is 5.32 Å². The molecule has 164 valence electrons. The molecule has 1 aromatic carbocycles. The van der Waals surface area contributed by atoms with Crippen LogP contribution in [0.5, 0.6) is 0 Å². The first kappa shape index (κ1) is 22.2. The van der Waals surface area contributed by atoms with Crippen LogP contribution in [-0.4, -0.2) is 43.4 Å². The van der Waals surface area contributed by atoms with E-state index < -0.39 is 5.97 Å². The third-order valence-corrected chi connectivity index (χ3v) is 5.21. The summed E-state index contributed by atoms with van der Waals surface area (Å²) >= 11 is 0. The van der Waals surface area contributed by atoms with Gasteiger partial charge in [-0.15, -0.1) is 0 Å². The molecular weight excluding hydrogens is 396 g/mol. The van der Waals surface area contributed by atoms with Crippen LogP contribution in [0.1, 0.15) is 84.1 Å². The summed E-state index contributed by atoms with van der Waals surface area (Å²) in [5, 5.41) is 14.3. The normalized spacial score (nSPS) is 12.9. The summed E-state index contributed by atoms with van der Waals surface area (Å²) < 4.78 is 6.69. The van der Waals surface area contributed by atoms with Crippen molar-refractivity contribution in [2.45, 2.75) is 53.0 Å². The number of carbonyl (C=O) groups is 2. The van der Waals surface area contributed by atoms with E-state index >= 15 is 0 Å². The van der Waals surface area contributed by atoms with Crippen LogP contribution in [0.15, 0.2) is 30.5 Å². The Morgan fingerprint density at radius 2 is 1.90 bits per heavy atom. The number of nitrogens with zero attached hydrogens (tertiary/aromatic N) is 4. The quantitative estimate of drug-likeness (QED) is 0.535. The fraction of sp³-hybridized carbons (Fsp3) is 0.409. The summed E-state index contributed by atoms with van der Waals surface area (Å²) in [6.07, 6.45) is 2.43. The number of benzene rings is 1. The summed E-state index contributed by atoms with van der Waals surface area (Å²) in [4.78, 5) is 29.1. The number of hydrogen-bond acceptors (Lipinski definition) is 6.